The molecule has 0 aliphatic carbocycles. The molecule has 4 heterocycles. The summed E-state index contributed by atoms with van der Waals surface area (Å²) in [7, 11) is 0. The first-order chi connectivity index (χ1) is 15.7. The molecule has 1 amide bonds. The SMILES string of the molecule is O=C(c1ccc(-c2nc3ncncc3[nH]2)c(Br)c1)N1C2CCN1C(Cc1ccccc1)C2. The van der Waals surface area contributed by atoms with E-state index in [1.165, 1.54) is 11.9 Å². The molecule has 4 aromatic rings. The number of nitrogens with zero attached hydrogens (tertiary/aromatic N) is 5. The molecule has 2 bridgehead atoms. The maximum absolute atomic E-state index is 13.5. The van der Waals surface area contributed by atoms with Crippen LogP contribution in [0.2, 0.25) is 0 Å². The van der Waals surface area contributed by atoms with E-state index in [1.807, 2.05) is 29.3 Å². The van der Waals surface area contributed by atoms with Gasteiger partial charge in [-0.15, -0.1) is 0 Å². The number of aromatic amines is 1. The Morgan fingerprint density at radius 3 is 2.88 bits per heavy atom. The van der Waals surface area contributed by atoms with Crippen molar-refractivity contribution in [3.05, 3.63) is 76.7 Å². The second-order valence-corrected chi connectivity index (χ2v) is 9.23. The molecule has 2 aliphatic heterocycles. The van der Waals surface area contributed by atoms with Crippen LogP contribution in [-0.2, 0) is 6.42 Å². The maximum atomic E-state index is 13.5. The number of piperidine rings is 1. The molecule has 0 radical (unpaired) electrons. The highest BCUT2D eigenvalue weighted by Gasteiger charge is 2.47. The molecule has 7 nitrogen and oxygen atoms in total. The van der Waals surface area contributed by atoms with Crippen molar-refractivity contribution in [2.24, 2.45) is 0 Å². The number of nitrogens with one attached hydrogen (secondary N) is 1. The average molecular weight is 489 g/mol. The summed E-state index contributed by atoms with van der Waals surface area (Å²) in [6.07, 6.45) is 6.22. The molecule has 0 spiro atoms. The van der Waals surface area contributed by atoms with Crippen LogP contribution >= 0.6 is 15.9 Å². The average Bonchev–Trinajstić information content (AvgIpc) is 3.51. The summed E-state index contributed by atoms with van der Waals surface area (Å²) >= 11 is 3.64. The van der Waals surface area contributed by atoms with Gasteiger partial charge in [0.1, 0.15) is 17.7 Å². The predicted molar refractivity (Wildman–Crippen MR) is 125 cm³/mol. The number of benzene rings is 2. The van der Waals surface area contributed by atoms with Gasteiger partial charge in [-0.2, -0.15) is 0 Å². The number of amides is 1. The van der Waals surface area contributed by atoms with E-state index in [1.54, 1.807) is 6.20 Å². The first-order valence-electron chi connectivity index (χ1n) is 10.8. The third-order valence-corrected chi connectivity index (χ3v) is 7.09. The van der Waals surface area contributed by atoms with Crippen molar-refractivity contribution < 1.29 is 4.79 Å². The van der Waals surface area contributed by atoms with Crippen molar-refractivity contribution in [1.82, 2.24) is 30.0 Å². The Balaban J connectivity index is 1.24. The summed E-state index contributed by atoms with van der Waals surface area (Å²) in [5.74, 6) is 0.755. The summed E-state index contributed by atoms with van der Waals surface area (Å²) in [6, 6.07) is 16.9. The van der Waals surface area contributed by atoms with Crippen LogP contribution in [0.4, 0.5) is 0 Å². The van der Waals surface area contributed by atoms with E-state index in [2.05, 4.69) is 65.1 Å². The van der Waals surface area contributed by atoms with Crippen LogP contribution in [0.1, 0.15) is 28.8 Å². The van der Waals surface area contributed by atoms with Gasteiger partial charge in [-0.25, -0.2) is 20.0 Å². The number of aromatic nitrogens is 4. The van der Waals surface area contributed by atoms with Gasteiger partial charge in [0.2, 0.25) is 0 Å². The lowest BCUT2D eigenvalue weighted by atomic mass is 9.97. The first-order valence-corrected chi connectivity index (χ1v) is 11.6. The molecule has 2 fully saturated rings. The van der Waals surface area contributed by atoms with Gasteiger partial charge in [-0.05, 0) is 43.0 Å². The molecule has 2 aromatic heterocycles. The Morgan fingerprint density at radius 1 is 1.19 bits per heavy atom. The van der Waals surface area contributed by atoms with Crippen LogP contribution in [0.15, 0.2) is 65.5 Å². The molecular weight excluding hydrogens is 468 g/mol. The van der Waals surface area contributed by atoms with Crippen LogP contribution in [0.5, 0.6) is 0 Å². The second kappa shape index (κ2) is 7.79. The summed E-state index contributed by atoms with van der Waals surface area (Å²) < 4.78 is 0.817. The number of carbonyl (C=O) groups is 1. The number of hydrazine groups is 1. The van der Waals surface area contributed by atoms with Gasteiger partial charge in [0.15, 0.2) is 5.65 Å². The molecular formula is C24H21BrN6O. The number of rotatable bonds is 4. The van der Waals surface area contributed by atoms with E-state index >= 15 is 0 Å². The number of hydrogen-bond acceptors (Lipinski definition) is 5. The molecule has 1 N–H and O–H groups in total. The topological polar surface area (TPSA) is 78.0 Å². The highest BCUT2D eigenvalue weighted by atomic mass is 79.9. The van der Waals surface area contributed by atoms with Gasteiger partial charge < -0.3 is 4.98 Å². The molecule has 160 valence electrons. The molecule has 0 saturated carbocycles. The van der Waals surface area contributed by atoms with Crippen molar-refractivity contribution in [3.63, 3.8) is 0 Å². The summed E-state index contributed by atoms with van der Waals surface area (Å²) in [6.45, 7) is 0.938. The quantitative estimate of drug-likeness (QED) is 0.465. The lowest BCUT2D eigenvalue weighted by Crippen LogP contribution is -2.42. The Labute approximate surface area is 193 Å². The molecule has 8 heteroatoms. The first kappa shape index (κ1) is 19.6. The maximum Gasteiger partial charge on any atom is 0.268 e. The molecule has 3 unspecified atom stereocenters. The van der Waals surface area contributed by atoms with Crippen LogP contribution in [0.25, 0.3) is 22.6 Å². The van der Waals surface area contributed by atoms with Crippen molar-refractivity contribution in [2.75, 3.05) is 6.54 Å². The van der Waals surface area contributed by atoms with Gasteiger partial charge in [0, 0.05) is 28.2 Å². The fraction of sp³-hybridized carbons (Fsp3) is 0.250. The molecule has 2 aliphatic rings. The summed E-state index contributed by atoms with van der Waals surface area (Å²) in [4.78, 5) is 29.5. The Morgan fingerprint density at radius 2 is 2.06 bits per heavy atom. The van der Waals surface area contributed by atoms with Gasteiger partial charge in [-0.1, -0.05) is 46.3 Å². The van der Waals surface area contributed by atoms with Crippen LogP contribution < -0.4 is 0 Å². The predicted octanol–water partition coefficient (Wildman–Crippen LogP) is 4.23. The Bertz CT molecular complexity index is 1270. The highest BCUT2D eigenvalue weighted by molar-refractivity contribution is 9.10. The largest absolute Gasteiger partial charge is 0.335 e. The lowest BCUT2D eigenvalue weighted by Gasteiger charge is -2.28. The van der Waals surface area contributed by atoms with E-state index in [4.69, 9.17) is 0 Å². The minimum atomic E-state index is 0.0609. The Hall–Kier alpha value is -3.10. The number of hydrogen-bond donors (Lipinski definition) is 1. The smallest absolute Gasteiger partial charge is 0.268 e. The minimum Gasteiger partial charge on any atom is -0.335 e. The van der Waals surface area contributed by atoms with E-state index in [9.17, 15) is 4.79 Å². The summed E-state index contributed by atoms with van der Waals surface area (Å²) in [5.41, 5.74) is 4.27. The van der Waals surface area contributed by atoms with Crippen LogP contribution in [0, 0.1) is 0 Å². The van der Waals surface area contributed by atoms with Crippen molar-refractivity contribution in [2.45, 2.75) is 31.3 Å². The molecule has 3 atom stereocenters. The van der Waals surface area contributed by atoms with E-state index in [-0.39, 0.29) is 11.9 Å². The highest BCUT2D eigenvalue weighted by Crippen LogP contribution is 2.37. The number of halogens is 1. The van der Waals surface area contributed by atoms with Crippen molar-refractivity contribution in [3.8, 4) is 11.4 Å². The minimum absolute atomic E-state index is 0.0609. The van der Waals surface area contributed by atoms with Crippen LogP contribution in [0.3, 0.4) is 0 Å². The molecule has 6 rings (SSSR count). The van der Waals surface area contributed by atoms with Gasteiger partial charge in [0.05, 0.1) is 12.2 Å². The number of fused-ring (bicyclic) bond motifs is 3. The van der Waals surface area contributed by atoms with E-state index in [0.29, 0.717) is 23.1 Å². The molecule has 2 saturated heterocycles. The monoisotopic (exact) mass is 488 g/mol. The standard InChI is InChI=1S/C24H21BrN6O/c25-20-11-16(6-7-19(20)22-28-21-13-26-14-27-23(21)29-22)24(32)31-17-8-9-30(31)18(12-17)10-15-4-2-1-3-5-15/h1-7,11,13-14,17-18H,8-10,12H2,(H,26,27,28,29). The zero-order valence-corrected chi connectivity index (χ0v) is 18.9. The van der Waals surface area contributed by atoms with Gasteiger partial charge >= 0.3 is 0 Å². The third kappa shape index (κ3) is 3.30. The molecule has 32 heavy (non-hydrogen) atoms. The normalized spacial score (nSPS) is 22.0. The van der Waals surface area contributed by atoms with Gasteiger partial charge in [0.25, 0.3) is 5.91 Å². The number of imidazole rings is 1. The zero-order chi connectivity index (χ0) is 21.7. The zero-order valence-electron chi connectivity index (χ0n) is 17.3. The summed E-state index contributed by atoms with van der Waals surface area (Å²) in [5, 5.41) is 4.27. The molecule has 2 aromatic carbocycles. The lowest BCUT2D eigenvalue weighted by molar-refractivity contribution is 0.0197. The third-order valence-electron chi connectivity index (χ3n) is 6.44. The number of H-pyrrole nitrogens is 1. The van der Waals surface area contributed by atoms with E-state index < -0.39 is 0 Å². The van der Waals surface area contributed by atoms with Gasteiger partial charge in [-0.3, -0.25) is 9.80 Å². The van der Waals surface area contributed by atoms with Crippen molar-refractivity contribution in [1.29, 1.82) is 0 Å². The number of carbonyl (C=O) groups excluding carboxylic acids is 1. The Kier molecular flexibility index (Phi) is 4.77. The second-order valence-electron chi connectivity index (χ2n) is 8.37. The van der Waals surface area contributed by atoms with E-state index in [0.717, 1.165) is 41.4 Å². The fourth-order valence-corrected chi connectivity index (χ4v) is 5.52. The van der Waals surface area contributed by atoms with Crippen molar-refractivity contribution >= 4 is 33.0 Å². The fourth-order valence-electron chi connectivity index (χ4n) is 4.95. The van der Waals surface area contributed by atoms with Crippen LogP contribution in [-0.4, -0.2) is 54.5 Å².